The Morgan fingerprint density at radius 2 is 1.11 bits per heavy atom. The lowest BCUT2D eigenvalue weighted by Crippen LogP contribution is -2.16. The molecule has 10 rings (SSSR count). The fraction of sp³-hybridized carbons (Fsp3) is 0.0698. The third-order valence-electron chi connectivity index (χ3n) is 10.0. The van der Waals surface area contributed by atoms with Crippen LogP contribution in [0, 0.1) is 0 Å². The van der Waals surface area contributed by atoms with E-state index in [1.807, 2.05) is 23.5 Å². The predicted molar refractivity (Wildman–Crippen MR) is 196 cm³/mol. The minimum Gasteiger partial charge on any atom is -0.456 e. The van der Waals surface area contributed by atoms with Crippen molar-refractivity contribution < 1.29 is 4.42 Å². The summed E-state index contributed by atoms with van der Waals surface area (Å²) < 4.78 is 8.86. The van der Waals surface area contributed by atoms with Crippen molar-refractivity contribution in [3.63, 3.8) is 0 Å². The van der Waals surface area contributed by atoms with E-state index in [0.29, 0.717) is 0 Å². The summed E-state index contributed by atoms with van der Waals surface area (Å²) in [6.07, 6.45) is 0. The molecule has 0 aliphatic heterocycles. The second kappa shape index (κ2) is 9.32. The lowest BCUT2D eigenvalue weighted by atomic mass is 9.82. The first-order valence-electron chi connectivity index (χ1n) is 15.8. The first kappa shape index (κ1) is 25.9. The van der Waals surface area contributed by atoms with Gasteiger partial charge in [0, 0.05) is 53.4 Å². The summed E-state index contributed by atoms with van der Waals surface area (Å²) in [5.74, 6) is 0. The highest BCUT2D eigenvalue weighted by atomic mass is 32.1. The Morgan fingerprint density at radius 1 is 0.478 bits per heavy atom. The third-order valence-corrected chi connectivity index (χ3v) is 11.2. The van der Waals surface area contributed by atoms with Crippen molar-refractivity contribution in [3.8, 4) is 11.1 Å². The van der Waals surface area contributed by atoms with Crippen LogP contribution < -0.4 is 4.90 Å². The van der Waals surface area contributed by atoms with Crippen molar-refractivity contribution in [3.05, 3.63) is 151 Å². The Kier molecular flexibility index (Phi) is 5.25. The Bertz CT molecular complexity index is 2690. The summed E-state index contributed by atoms with van der Waals surface area (Å²) in [7, 11) is 0. The monoisotopic (exact) mass is 607 g/mol. The lowest BCUT2D eigenvalue weighted by Gasteiger charge is -2.28. The number of nitrogens with zero attached hydrogens (tertiary/aromatic N) is 1. The van der Waals surface area contributed by atoms with E-state index in [9.17, 15) is 0 Å². The number of thiophene rings is 1. The molecule has 0 unspecified atom stereocenters. The van der Waals surface area contributed by atoms with Gasteiger partial charge in [-0.25, -0.2) is 0 Å². The maximum Gasteiger partial charge on any atom is 0.135 e. The molecule has 1 aliphatic carbocycles. The summed E-state index contributed by atoms with van der Waals surface area (Å²) in [4.78, 5) is 2.42. The highest BCUT2D eigenvalue weighted by molar-refractivity contribution is 7.25. The fourth-order valence-electron chi connectivity index (χ4n) is 7.72. The topological polar surface area (TPSA) is 16.4 Å². The second-order valence-corrected chi connectivity index (χ2v) is 14.1. The largest absolute Gasteiger partial charge is 0.456 e. The average molecular weight is 608 g/mol. The first-order valence-corrected chi connectivity index (χ1v) is 16.7. The fourth-order valence-corrected chi connectivity index (χ4v) is 8.84. The van der Waals surface area contributed by atoms with Gasteiger partial charge in [0.1, 0.15) is 11.2 Å². The molecule has 0 fully saturated rings. The molecule has 0 radical (unpaired) electrons. The maximum absolute atomic E-state index is 6.24. The zero-order valence-electron chi connectivity index (χ0n) is 25.5. The maximum atomic E-state index is 6.24. The van der Waals surface area contributed by atoms with Crippen LogP contribution in [0.4, 0.5) is 17.1 Å². The second-order valence-electron chi connectivity index (χ2n) is 13.0. The Balaban J connectivity index is 1.22. The zero-order chi connectivity index (χ0) is 30.6. The number of rotatable bonds is 3. The average Bonchev–Trinajstić information content (AvgIpc) is 3.71. The molecule has 2 aromatic heterocycles. The van der Waals surface area contributed by atoms with Gasteiger partial charge in [0.25, 0.3) is 0 Å². The van der Waals surface area contributed by atoms with E-state index in [1.54, 1.807) is 0 Å². The molecule has 0 amide bonds. The number of hydrogen-bond acceptors (Lipinski definition) is 3. The molecule has 0 bridgehead atoms. The van der Waals surface area contributed by atoms with Crippen LogP contribution in [-0.2, 0) is 5.41 Å². The Labute approximate surface area is 270 Å². The SMILES string of the molecule is CC1(C)c2ccccc2-c2ccc(N(c3ccc4oc5ccccc5c4c3)c3ccc4sc5cc6ccccc6cc5c4c3)cc21. The van der Waals surface area contributed by atoms with Crippen molar-refractivity contribution in [1.29, 1.82) is 0 Å². The lowest BCUT2D eigenvalue weighted by molar-refractivity contribution is 0.660. The van der Waals surface area contributed by atoms with Crippen molar-refractivity contribution >= 4 is 81.3 Å². The molecule has 2 nitrogen and oxygen atoms in total. The van der Waals surface area contributed by atoms with Crippen molar-refractivity contribution in [2.75, 3.05) is 4.90 Å². The summed E-state index contributed by atoms with van der Waals surface area (Å²) in [6, 6.07) is 51.1. The summed E-state index contributed by atoms with van der Waals surface area (Å²) in [5.41, 5.74) is 10.5. The normalized spacial score (nSPS) is 13.6. The Morgan fingerprint density at radius 3 is 2.00 bits per heavy atom. The number of hydrogen-bond donors (Lipinski definition) is 0. The molecular formula is C43H29NOS. The third kappa shape index (κ3) is 3.64. The Hall–Kier alpha value is -5.38. The zero-order valence-corrected chi connectivity index (χ0v) is 26.4. The summed E-state index contributed by atoms with van der Waals surface area (Å²) >= 11 is 1.87. The molecule has 7 aromatic carbocycles. The molecule has 0 saturated heterocycles. The van der Waals surface area contributed by atoms with Crippen molar-refractivity contribution in [2.45, 2.75) is 19.3 Å². The van der Waals surface area contributed by atoms with E-state index in [-0.39, 0.29) is 5.41 Å². The number of benzene rings is 7. The van der Waals surface area contributed by atoms with Crippen LogP contribution in [0.15, 0.2) is 144 Å². The van der Waals surface area contributed by atoms with E-state index in [0.717, 1.165) is 39.0 Å². The van der Waals surface area contributed by atoms with Crippen LogP contribution in [-0.4, -0.2) is 0 Å². The highest BCUT2D eigenvalue weighted by Crippen LogP contribution is 2.51. The molecule has 0 atom stereocenters. The van der Waals surface area contributed by atoms with Crippen molar-refractivity contribution in [1.82, 2.24) is 0 Å². The molecule has 0 N–H and O–H groups in total. The van der Waals surface area contributed by atoms with E-state index in [1.165, 1.54) is 53.2 Å². The van der Waals surface area contributed by atoms with Gasteiger partial charge in [-0.2, -0.15) is 0 Å². The number of furan rings is 1. The minimum atomic E-state index is -0.0904. The van der Waals surface area contributed by atoms with Crippen LogP contribution >= 0.6 is 11.3 Å². The quantitative estimate of drug-likeness (QED) is 0.199. The summed E-state index contributed by atoms with van der Waals surface area (Å²) in [6.45, 7) is 4.70. The van der Waals surface area contributed by atoms with Gasteiger partial charge in [-0.3, -0.25) is 0 Å². The van der Waals surface area contributed by atoms with Crippen LogP contribution in [0.3, 0.4) is 0 Å². The van der Waals surface area contributed by atoms with E-state index in [4.69, 9.17) is 4.42 Å². The van der Waals surface area contributed by atoms with Gasteiger partial charge in [0.15, 0.2) is 0 Å². The van der Waals surface area contributed by atoms with Gasteiger partial charge >= 0.3 is 0 Å². The number of para-hydroxylation sites is 1. The van der Waals surface area contributed by atoms with Crippen LogP contribution in [0.5, 0.6) is 0 Å². The van der Waals surface area contributed by atoms with E-state index >= 15 is 0 Å². The van der Waals surface area contributed by atoms with Gasteiger partial charge in [0.05, 0.1) is 0 Å². The number of anilines is 3. The van der Waals surface area contributed by atoms with Crippen LogP contribution in [0.1, 0.15) is 25.0 Å². The first-order chi connectivity index (χ1) is 22.5. The molecular weight excluding hydrogens is 579 g/mol. The molecule has 0 spiro atoms. The predicted octanol–water partition coefficient (Wildman–Crippen LogP) is 12.9. The molecule has 3 heteroatoms. The highest BCUT2D eigenvalue weighted by Gasteiger charge is 2.35. The van der Waals surface area contributed by atoms with Crippen LogP contribution in [0.2, 0.25) is 0 Å². The summed E-state index contributed by atoms with van der Waals surface area (Å²) in [5, 5.41) is 7.41. The van der Waals surface area contributed by atoms with Gasteiger partial charge < -0.3 is 9.32 Å². The molecule has 1 aliphatic rings. The minimum absolute atomic E-state index is 0.0904. The number of fused-ring (bicyclic) bond motifs is 10. The standard InChI is InChI=1S/C43H29NOS/c1-43(2)37-13-7-5-11-31(37)32-18-15-30(25-38(32)43)44(28-16-19-40-34(23-28)33-12-6-8-14-39(33)45-40)29-17-20-41-36(24-29)35-21-26-9-3-4-10-27(26)22-42(35)46-41/h3-25H,1-2H3. The van der Waals surface area contributed by atoms with E-state index < -0.39 is 0 Å². The smallest absolute Gasteiger partial charge is 0.135 e. The molecule has 46 heavy (non-hydrogen) atoms. The van der Waals surface area contributed by atoms with Crippen LogP contribution in [0.25, 0.3) is 64.0 Å². The van der Waals surface area contributed by atoms with Gasteiger partial charge in [-0.1, -0.05) is 86.6 Å². The van der Waals surface area contributed by atoms with E-state index in [2.05, 4.69) is 146 Å². The van der Waals surface area contributed by atoms with Crippen molar-refractivity contribution in [2.24, 2.45) is 0 Å². The molecule has 0 saturated carbocycles. The van der Waals surface area contributed by atoms with Gasteiger partial charge in [-0.05, 0) is 99.8 Å². The molecule has 9 aromatic rings. The molecule has 218 valence electrons. The van der Waals surface area contributed by atoms with Gasteiger partial charge in [-0.15, -0.1) is 11.3 Å². The molecule has 2 heterocycles. The van der Waals surface area contributed by atoms with Gasteiger partial charge in [0.2, 0.25) is 0 Å².